The number of rotatable bonds is 6. The highest BCUT2D eigenvalue weighted by atomic mass is 16.7. The van der Waals surface area contributed by atoms with Crippen LogP contribution in [0.15, 0.2) is 78.9 Å². The molecule has 0 bridgehead atoms. The van der Waals surface area contributed by atoms with Crippen LogP contribution in [0.1, 0.15) is 43.6 Å². The SMILES string of the molecule is CC1(C)OB(c2ccc(C[C@H](NC(=O)c3c4ccccc4cc4ccccc34)C(N)=O)cc2)OC1(C)C. The molecule has 4 aromatic carbocycles. The highest BCUT2D eigenvalue weighted by Gasteiger charge is 2.51. The average Bonchev–Trinajstić information content (AvgIpc) is 3.08. The highest BCUT2D eigenvalue weighted by Crippen LogP contribution is 2.36. The van der Waals surface area contributed by atoms with Crippen molar-refractivity contribution in [2.24, 2.45) is 5.73 Å². The number of nitrogens with one attached hydrogen (secondary N) is 1. The molecule has 5 rings (SSSR count). The van der Waals surface area contributed by atoms with Crippen LogP contribution in [0.5, 0.6) is 0 Å². The fourth-order valence-corrected chi connectivity index (χ4v) is 4.74. The van der Waals surface area contributed by atoms with Crippen molar-refractivity contribution in [3.05, 3.63) is 90.0 Å². The quantitative estimate of drug-likeness (QED) is 0.312. The van der Waals surface area contributed by atoms with E-state index in [2.05, 4.69) is 11.4 Å². The van der Waals surface area contributed by atoms with Gasteiger partial charge in [0.1, 0.15) is 6.04 Å². The van der Waals surface area contributed by atoms with Crippen molar-refractivity contribution in [2.45, 2.75) is 51.4 Å². The first-order chi connectivity index (χ1) is 17.6. The minimum Gasteiger partial charge on any atom is -0.399 e. The smallest absolute Gasteiger partial charge is 0.399 e. The topological polar surface area (TPSA) is 90.6 Å². The van der Waals surface area contributed by atoms with Crippen molar-refractivity contribution >= 4 is 45.9 Å². The third-order valence-electron chi connectivity index (χ3n) is 7.59. The van der Waals surface area contributed by atoms with Gasteiger partial charge in [-0.15, -0.1) is 0 Å². The van der Waals surface area contributed by atoms with E-state index in [1.54, 1.807) is 0 Å². The largest absolute Gasteiger partial charge is 0.494 e. The zero-order valence-electron chi connectivity index (χ0n) is 21.6. The summed E-state index contributed by atoms with van der Waals surface area (Å²) in [5.74, 6) is -0.918. The van der Waals surface area contributed by atoms with E-state index in [9.17, 15) is 9.59 Å². The Morgan fingerprint density at radius 1 is 0.838 bits per heavy atom. The Balaban J connectivity index is 1.38. The van der Waals surface area contributed by atoms with Gasteiger partial charge in [0.25, 0.3) is 5.91 Å². The van der Waals surface area contributed by atoms with Crippen LogP contribution in [-0.2, 0) is 20.5 Å². The number of benzene rings is 4. The highest BCUT2D eigenvalue weighted by molar-refractivity contribution is 6.62. The summed E-state index contributed by atoms with van der Waals surface area (Å²) in [5.41, 5.74) is 7.18. The Hall–Kier alpha value is -3.68. The summed E-state index contributed by atoms with van der Waals surface area (Å²) in [6.45, 7) is 8.06. The van der Waals surface area contributed by atoms with Gasteiger partial charge in [-0.2, -0.15) is 0 Å². The van der Waals surface area contributed by atoms with E-state index in [4.69, 9.17) is 15.0 Å². The molecule has 0 unspecified atom stereocenters. The summed E-state index contributed by atoms with van der Waals surface area (Å²) in [6.07, 6.45) is 0.271. The zero-order valence-corrected chi connectivity index (χ0v) is 21.6. The molecule has 0 aliphatic carbocycles. The molecule has 1 aliphatic heterocycles. The van der Waals surface area contributed by atoms with Gasteiger partial charge in [0.05, 0.1) is 16.8 Å². The molecule has 1 atom stereocenters. The Morgan fingerprint density at radius 2 is 1.35 bits per heavy atom. The molecule has 1 saturated heterocycles. The normalized spacial score (nSPS) is 17.1. The lowest BCUT2D eigenvalue weighted by molar-refractivity contribution is -0.119. The van der Waals surface area contributed by atoms with Crippen molar-refractivity contribution in [2.75, 3.05) is 0 Å². The second-order valence-corrected chi connectivity index (χ2v) is 10.7. The van der Waals surface area contributed by atoms with Crippen LogP contribution in [0.3, 0.4) is 0 Å². The first kappa shape index (κ1) is 25.0. The maximum atomic E-state index is 13.6. The number of hydrogen-bond donors (Lipinski definition) is 2. The van der Waals surface area contributed by atoms with Crippen molar-refractivity contribution in [3.8, 4) is 0 Å². The van der Waals surface area contributed by atoms with Gasteiger partial charge in [-0.25, -0.2) is 0 Å². The summed E-state index contributed by atoms with van der Waals surface area (Å²) < 4.78 is 12.3. The third-order valence-corrected chi connectivity index (χ3v) is 7.59. The number of nitrogens with two attached hydrogens (primary N) is 1. The van der Waals surface area contributed by atoms with Crippen LogP contribution in [-0.4, -0.2) is 36.2 Å². The molecule has 37 heavy (non-hydrogen) atoms. The number of carbonyl (C=O) groups excluding carboxylic acids is 2. The van der Waals surface area contributed by atoms with Gasteiger partial charge < -0.3 is 20.4 Å². The molecule has 4 aromatic rings. The predicted molar refractivity (Wildman–Crippen MR) is 148 cm³/mol. The molecule has 7 heteroatoms. The Bertz CT molecular complexity index is 1430. The fourth-order valence-electron chi connectivity index (χ4n) is 4.74. The first-order valence-corrected chi connectivity index (χ1v) is 12.5. The fraction of sp³-hybridized carbons (Fsp3) is 0.267. The number of carbonyl (C=O) groups is 2. The van der Waals surface area contributed by atoms with E-state index < -0.39 is 30.3 Å². The molecule has 3 N–H and O–H groups in total. The van der Waals surface area contributed by atoms with E-state index in [0.717, 1.165) is 32.6 Å². The molecule has 6 nitrogen and oxygen atoms in total. The molecule has 0 saturated carbocycles. The second-order valence-electron chi connectivity index (χ2n) is 10.7. The number of hydrogen-bond acceptors (Lipinski definition) is 4. The van der Waals surface area contributed by atoms with Gasteiger partial charge >= 0.3 is 7.12 Å². The van der Waals surface area contributed by atoms with E-state index in [-0.39, 0.29) is 12.3 Å². The van der Waals surface area contributed by atoms with Crippen molar-refractivity contribution in [3.63, 3.8) is 0 Å². The summed E-state index contributed by atoms with van der Waals surface area (Å²) in [4.78, 5) is 26.0. The Morgan fingerprint density at radius 3 is 1.86 bits per heavy atom. The lowest BCUT2D eigenvalue weighted by Crippen LogP contribution is -2.46. The number of amides is 2. The van der Waals surface area contributed by atoms with Crippen LogP contribution in [0, 0.1) is 0 Å². The molecule has 1 heterocycles. The summed E-state index contributed by atoms with van der Waals surface area (Å²) >= 11 is 0. The molecule has 2 amide bonds. The van der Waals surface area contributed by atoms with Crippen molar-refractivity contribution in [1.82, 2.24) is 5.32 Å². The van der Waals surface area contributed by atoms with E-state index in [1.165, 1.54) is 0 Å². The van der Waals surface area contributed by atoms with Crippen LogP contribution in [0.25, 0.3) is 21.5 Å². The van der Waals surface area contributed by atoms with E-state index in [0.29, 0.717) is 5.56 Å². The third kappa shape index (κ3) is 4.72. The van der Waals surface area contributed by atoms with Crippen molar-refractivity contribution < 1.29 is 18.9 Å². The molecular formula is C30H31BN2O4. The van der Waals surface area contributed by atoms with Gasteiger partial charge in [0.2, 0.25) is 5.91 Å². The van der Waals surface area contributed by atoms with Crippen LogP contribution in [0.4, 0.5) is 0 Å². The Kier molecular flexibility index (Phi) is 6.30. The summed E-state index contributed by atoms with van der Waals surface area (Å²) in [6, 6.07) is 24.4. The van der Waals surface area contributed by atoms with Gasteiger partial charge in [-0.1, -0.05) is 72.8 Å². The molecule has 1 fully saturated rings. The van der Waals surface area contributed by atoms with Gasteiger partial charge in [0, 0.05) is 6.42 Å². The second kappa shape index (κ2) is 9.32. The van der Waals surface area contributed by atoms with E-state index >= 15 is 0 Å². The van der Waals surface area contributed by atoms with Gasteiger partial charge in [-0.05, 0) is 66.3 Å². The molecule has 188 valence electrons. The lowest BCUT2D eigenvalue weighted by Gasteiger charge is -2.32. The van der Waals surface area contributed by atoms with Crippen LogP contribution in [0.2, 0.25) is 0 Å². The van der Waals surface area contributed by atoms with Crippen LogP contribution < -0.4 is 16.5 Å². The van der Waals surface area contributed by atoms with Gasteiger partial charge in [0.15, 0.2) is 0 Å². The standard InChI is InChI=1S/C30H31BN2O4/c1-29(2)30(3,4)37-31(36-29)22-15-13-19(14-16-22)17-25(27(32)34)33-28(35)26-23-11-7-5-9-20(23)18-21-10-6-8-12-24(21)26/h5-16,18,25H,17H2,1-4H3,(H2,32,34)(H,33,35)/t25-/m0/s1. The minimum atomic E-state index is -0.868. The average molecular weight is 494 g/mol. The lowest BCUT2D eigenvalue weighted by atomic mass is 9.78. The number of fused-ring (bicyclic) bond motifs is 2. The molecule has 1 aliphatic rings. The molecule has 0 radical (unpaired) electrons. The zero-order chi connectivity index (χ0) is 26.4. The number of primary amides is 1. The first-order valence-electron chi connectivity index (χ1n) is 12.5. The van der Waals surface area contributed by atoms with Crippen LogP contribution >= 0.6 is 0 Å². The summed E-state index contributed by atoms with van der Waals surface area (Å²) in [5, 5.41) is 6.47. The predicted octanol–water partition coefficient (Wildman–Crippen LogP) is 4.12. The van der Waals surface area contributed by atoms with E-state index in [1.807, 2.05) is 100 Å². The maximum absolute atomic E-state index is 13.6. The summed E-state index contributed by atoms with van der Waals surface area (Å²) in [7, 11) is -0.467. The van der Waals surface area contributed by atoms with Crippen molar-refractivity contribution in [1.29, 1.82) is 0 Å². The molecule has 0 spiro atoms. The Labute approximate surface area is 217 Å². The van der Waals surface area contributed by atoms with Gasteiger partial charge in [-0.3, -0.25) is 9.59 Å². The molecular weight excluding hydrogens is 463 g/mol. The maximum Gasteiger partial charge on any atom is 0.494 e. The molecule has 0 aromatic heterocycles. The minimum absolute atomic E-state index is 0.271. The monoisotopic (exact) mass is 494 g/mol.